The summed E-state index contributed by atoms with van der Waals surface area (Å²) in [5, 5.41) is 8.14. The summed E-state index contributed by atoms with van der Waals surface area (Å²) in [6.45, 7) is 4.54. The molecular weight excluding hydrogens is 334 g/mol. The molecule has 1 aromatic heterocycles. The van der Waals surface area contributed by atoms with Crippen molar-refractivity contribution >= 4 is 21.9 Å². The number of nitrogens with one attached hydrogen (secondary N) is 1. The first-order chi connectivity index (χ1) is 9.98. The topological polar surface area (TPSA) is 56.2 Å². The van der Waals surface area contributed by atoms with Gasteiger partial charge in [-0.1, -0.05) is 0 Å². The number of aromatic nitrogens is 2. The lowest BCUT2D eigenvalue weighted by Crippen LogP contribution is -2.58. The number of hydrogen-bond acceptors (Lipinski definition) is 4. The number of rotatable bonds is 6. The quantitative estimate of drug-likeness (QED) is 0.795. The molecule has 1 N–H and O–H groups in total. The van der Waals surface area contributed by atoms with E-state index >= 15 is 0 Å². The highest BCUT2D eigenvalue weighted by molar-refractivity contribution is 9.10. The molecule has 1 unspecified atom stereocenters. The molecule has 3 rings (SSSR count). The lowest BCUT2D eigenvalue weighted by atomic mass is 9.92. The summed E-state index contributed by atoms with van der Waals surface area (Å²) >= 11 is 3.56. The van der Waals surface area contributed by atoms with E-state index in [1.165, 1.54) is 7.11 Å². The number of carbonyl (C=O) groups is 1. The van der Waals surface area contributed by atoms with Gasteiger partial charge in [-0.15, -0.1) is 0 Å². The van der Waals surface area contributed by atoms with Crippen LogP contribution in [-0.4, -0.2) is 34.4 Å². The summed E-state index contributed by atoms with van der Waals surface area (Å²) in [5.74, 6) is 0.203. The van der Waals surface area contributed by atoms with Gasteiger partial charge in [-0.2, -0.15) is 5.10 Å². The molecule has 0 aliphatic heterocycles. The van der Waals surface area contributed by atoms with Crippen LogP contribution in [0.5, 0.6) is 0 Å². The highest BCUT2D eigenvalue weighted by atomic mass is 79.9. The van der Waals surface area contributed by atoms with Gasteiger partial charge in [0.2, 0.25) is 0 Å². The van der Waals surface area contributed by atoms with Crippen molar-refractivity contribution in [2.24, 2.45) is 5.92 Å². The minimum absolute atomic E-state index is 0.152. The van der Waals surface area contributed by atoms with Crippen LogP contribution >= 0.6 is 15.9 Å². The zero-order valence-corrected chi connectivity index (χ0v) is 14.4. The molecule has 116 valence electrons. The highest BCUT2D eigenvalue weighted by Gasteiger charge is 2.54. The van der Waals surface area contributed by atoms with E-state index in [9.17, 15) is 4.79 Å². The van der Waals surface area contributed by atoms with Gasteiger partial charge in [0.1, 0.15) is 5.54 Å². The molecule has 0 aromatic carbocycles. The lowest BCUT2D eigenvalue weighted by Gasteiger charge is -2.33. The molecule has 2 fully saturated rings. The van der Waals surface area contributed by atoms with Crippen molar-refractivity contribution in [3.63, 3.8) is 0 Å². The van der Waals surface area contributed by atoms with E-state index in [4.69, 9.17) is 4.74 Å². The van der Waals surface area contributed by atoms with E-state index in [1.54, 1.807) is 0 Å². The summed E-state index contributed by atoms with van der Waals surface area (Å²) in [7, 11) is 1.48. The molecule has 2 aliphatic rings. The van der Waals surface area contributed by atoms with Crippen molar-refractivity contribution in [3.8, 4) is 0 Å². The van der Waals surface area contributed by atoms with E-state index in [0.717, 1.165) is 41.5 Å². The molecule has 21 heavy (non-hydrogen) atoms. The van der Waals surface area contributed by atoms with Crippen LogP contribution in [-0.2, 0) is 16.1 Å². The van der Waals surface area contributed by atoms with E-state index in [0.29, 0.717) is 18.5 Å². The van der Waals surface area contributed by atoms with Gasteiger partial charge < -0.3 is 4.74 Å². The average Bonchev–Trinajstić information content (AvgIpc) is 3.35. The summed E-state index contributed by atoms with van der Waals surface area (Å²) in [6, 6.07) is 0.449. The Morgan fingerprint density at radius 2 is 2.10 bits per heavy atom. The number of nitrogens with zero attached hydrogens (tertiary/aromatic N) is 2. The van der Waals surface area contributed by atoms with Gasteiger partial charge in [0.25, 0.3) is 0 Å². The van der Waals surface area contributed by atoms with E-state index in [1.807, 2.05) is 18.5 Å². The van der Waals surface area contributed by atoms with Crippen molar-refractivity contribution in [1.82, 2.24) is 15.1 Å². The minimum Gasteiger partial charge on any atom is -0.468 e. The number of esters is 1. The van der Waals surface area contributed by atoms with Crippen LogP contribution in [0.4, 0.5) is 0 Å². The van der Waals surface area contributed by atoms with Gasteiger partial charge in [-0.25, -0.2) is 4.79 Å². The highest BCUT2D eigenvalue weighted by Crippen LogP contribution is 2.43. The Bertz CT molecular complexity index is 564. The minimum atomic E-state index is -0.626. The summed E-state index contributed by atoms with van der Waals surface area (Å²) in [5.41, 5.74) is 1.38. The number of methoxy groups -OCH3 is 1. The Labute approximate surface area is 133 Å². The lowest BCUT2D eigenvalue weighted by molar-refractivity contribution is -0.150. The van der Waals surface area contributed by atoms with Crippen LogP contribution in [0.2, 0.25) is 0 Å². The van der Waals surface area contributed by atoms with Crippen LogP contribution in [0.15, 0.2) is 4.47 Å². The van der Waals surface area contributed by atoms with Crippen molar-refractivity contribution in [2.75, 3.05) is 7.11 Å². The van der Waals surface area contributed by atoms with Crippen LogP contribution in [0.25, 0.3) is 0 Å². The monoisotopic (exact) mass is 355 g/mol. The van der Waals surface area contributed by atoms with E-state index in [-0.39, 0.29) is 5.97 Å². The SMILES string of the molecule is COC(=O)C(Cn1nc(C)c(Br)c1C)(NC1CC1)C1CC1. The number of hydrogen-bond donors (Lipinski definition) is 1. The molecular formula is C15H22BrN3O2. The maximum Gasteiger partial charge on any atom is 0.328 e. The fourth-order valence-corrected chi connectivity index (χ4v) is 3.28. The second-order valence-electron chi connectivity index (χ2n) is 6.30. The Kier molecular flexibility index (Phi) is 3.86. The third kappa shape index (κ3) is 2.75. The van der Waals surface area contributed by atoms with Crippen molar-refractivity contribution in [2.45, 2.75) is 57.7 Å². The normalized spacial score (nSPS) is 21.1. The second kappa shape index (κ2) is 5.39. The van der Waals surface area contributed by atoms with Crippen LogP contribution in [0.3, 0.4) is 0 Å². The molecule has 0 amide bonds. The Hall–Kier alpha value is -0.880. The van der Waals surface area contributed by atoms with Crippen molar-refractivity contribution in [3.05, 3.63) is 15.9 Å². The van der Waals surface area contributed by atoms with Gasteiger partial charge in [-0.05, 0) is 61.4 Å². The molecule has 2 saturated carbocycles. The summed E-state index contributed by atoms with van der Waals surface area (Å²) < 4.78 is 8.09. The fourth-order valence-electron chi connectivity index (χ4n) is 3.00. The van der Waals surface area contributed by atoms with Crippen LogP contribution < -0.4 is 5.32 Å². The van der Waals surface area contributed by atoms with E-state index in [2.05, 4.69) is 26.3 Å². The molecule has 0 spiro atoms. The predicted molar refractivity (Wildman–Crippen MR) is 83.0 cm³/mol. The smallest absolute Gasteiger partial charge is 0.328 e. The fraction of sp³-hybridized carbons (Fsp3) is 0.733. The number of halogens is 1. The number of ether oxygens (including phenoxy) is 1. The number of carbonyl (C=O) groups excluding carboxylic acids is 1. The zero-order chi connectivity index (χ0) is 15.2. The van der Waals surface area contributed by atoms with E-state index < -0.39 is 5.54 Å². The summed E-state index contributed by atoms with van der Waals surface area (Å²) in [4.78, 5) is 12.5. The molecule has 1 aromatic rings. The maximum absolute atomic E-state index is 12.5. The molecule has 5 nitrogen and oxygen atoms in total. The van der Waals surface area contributed by atoms with Gasteiger partial charge in [0.15, 0.2) is 0 Å². The number of aryl methyl sites for hydroxylation is 1. The molecule has 0 bridgehead atoms. The van der Waals surface area contributed by atoms with Gasteiger partial charge >= 0.3 is 5.97 Å². The van der Waals surface area contributed by atoms with Crippen molar-refractivity contribution < 1.29 is 9.53 Å². The first-order valence-electron chi connectivity index (χ1n) is 7.53. The molecule has 0 radical (unpaired) electrons. The zero-order valence-electron chi connectivity index (χ0n) is 12.8. The Morgan fingerprint density at radius 1 is 1.43 bits per heavy atom. The molecule has 0 saturated heterocycles. The van der Waals surface area contributed by atoms with Gasteiger partial charge in [0, 0.05) is 11.7 Å². The molecule has 1 heterocycles. The standard InChI is InChI=1S/C15H22BrN3O2/c1-9-13(16)10(2)19(18-9)8-15(11-4-5-11,14(20)21-3)17-12-6-7-12/h11-12,17H,4-8H2,1-3H3. The second-order valence-corrected chi connectivity index (χ2v) is 7.09. The van der Waals surface area contributed by atoms with Crippen molar-refractivity contribution in [1.29, 1.82) is 0 Å². The van der Waals surface area contributed by atoms with Crippen LogP contribution in [0, 0.1) is 19.8 Å². The third-order valence-electron chi connectivity index (χ3n) is 4.56. The summed E-state index contributed by atoms with van der Waals surface area (Å²) in [6.07, 6.45) is 4.45. The van der Waals surface area contributed by atoms with Crippen LogP contribution in [0.1, 0.15) is 37.1 Å². The molecule has 2 aliphatic carbocycles. The average molecular weight is 356 g/mol. The third-order valence-corrected chi connectivity index (χ3v) is 5.70. The predicted octanol–water partition coefficient (Wildman–Crippen LogP) is 2.34. The largest absolute Gasteiger partial charge is 0.468 e. The first kappa shape index (κ1) is 15.0. The molecule has 6 heteroatoms. The Morgan fingerprint density at radius 3 is 2.52 bits per heavy atom. The van der Waals surface area contributed by atoms with Gasteiger partial charge in [-0.3, -0.25) is 10.00 Å². The van der Waals surface area contributed by atoms with Gasteiger partial charge in [0.05, 0.1) is 23.8 Å². The Balaban J connectivity index is 1.93. The maximum atomic E-state index is 12.5. The first-order valence-corrected chi connectivity index (χ1v) is 8.33. The molecule has 1 atom stereocenters.